The molecule has 0 radical (unpaired) electrons. The number of likely N-dealkylation sites (tertiary alicyclic amines) is 1. The summed E-state index contributed by atoms with van der Waals surface area (Å²) in [5.74, 6) is 2.43. The molecule has 0 amide bonds. The number of ether oxygens (including phenoxy) is 2. The minimum absolute atomic E-state index is 0.00478. The van der Waals surface area contributed by atoms with Crippen LogP contribution in [0, 0.1) is 23.7 Å². The SMILES string of the molecule is CCCCCCC(CCCCCC)CCCC(=O)CCCCCCCC(CCCCCCCC(=O)OCCC(CCCCCC)CCCCCC)COC(=O)C1CCN(C)C1. The Bertz CT molecular complexity index is 917. The molecule has 0 spiro atoms. The van der Waals surface area contributed by atoms with Crippen molar-refractivity contribution in [2.75, 3.05) is 33.4 Å². The zero-order chi connectivity index (χ0) is 44.4. The molecule has 6 heteroatoms. The standard InChI is InChI=1S/C55H105NO5/c1-6-10-14-24-33-49(34-25-15-11-7-2)39-32-41-53(57)40-30-22-18-20-28-37-51(48-61-55(59)52-43-45-56(5)47-52)38-29-21-19-23-31-42-54(58)60-46-44-50(35-26-16-12-8-3)36-27-17-13-9-4/h49-52H,6-48H2,1-5H3. The zero-order valence-corrected chi connectivity index (χ0v) is 41.7. The number of rotatable bonds is 46. The van der Waals surface area contributed by atoms with Crippen LogP contribution in [0.15, 0.2) is 0 Å². The van der Waals surface area contributed by atoms with E-state index >= 15 is 0 Å². The maximum atomic E-state index is 12.8. The summed E-state index contributed by atoms with van der Waals surface area (Å²) in [5.41, 5.74) is 0. The van der Waals surface area contributed by atoms with E-state index in [2.05, 4.69) is 39.6 Å². The predicted octanol–water partition coefficient (Wildman–Crippen LogP) is 16.3. The maximum Gasteiger partial charge on any atom is 0.310 e. The number of carbonyl (C=O) groups excluding carboxylic acids is 3. The summed E-state index contributed by atoms with van der Waals surface area (Å²) in [6.07, 6.45) is 46.3. The average molecular weight is 860 g/mol. The van der Waals surface area contributed by atoms with E-state index in [0.717, 1.165) is 109 Å². The van der Waals surface area contributed by atoms with Crippen molar-refractivity contribution in [1.82, 2.24) is 4.90 Å². The zero-order valence-electron chi connectivity index (χ0n) is 41.7. The highest BCUT2D eigenvalue weighted by molar-refractivity contribution is 5.78. The minimum atomic E-state index is -0.0158. The van der Waals surface area contributed by atoms with Gasteiger partial charge < -0.3 is 14.4 Å². The van der Waals surface area contributed by atoms with Crippen molar-refractivity contribution in [2.24, 2.45) is 23.7 Å². The molecule has 360 valence electrons. The minimum Gasteiger partial charge on any atom is -0.466 e. The van der Waals surface area contributed by atoms with Gasteiger partial charge >= 0.3 is 11.9 Å². The molecular weight excluding hydrogens is 755 g/mol. The molecule has 0 N–H and O–H groups in total. The number of unbranched alkanes of at least 4 members (excludes halogenated alkanes) is 20. The Balaban J connectivity index is 2.31. The molecule has 2 atom stereocenters. The van der Waals surface area contributed by atoms with E-state index in [-0.39, 0.29) is 17.9 Å². The lowest BCUT2D eigenvalue weighted by molar-refractivity contribution is -0.149. The third-order valence-electron chi connectivity index (χ3n) is 14.0. The fourth-order valence-electron chi connectivity index (χ4n) is 9.70. The summed E-state index contributed by atoms with van der Waals surface area (Å²) in [6.45, 7) is 12.1. The highest BCUT2D eigenvalue weighted by Gasteiger charge is 2.28. The van der Waals surface area contributed by atoms with Crippen molar-refractivity contribution < 1.29 is 23.9 Å². The number of hydrogen-bond acceptors (Lipinski definition) is 6. The van der Waals surface area contributed by atoms with E-state index in [1.165, 1.54) is 154 Å². The molecule has 2 unspecified atom stereocenters. The molecule has 6 nitrogen and oxygen atoms in total. The fraction of sp³-hybridized carbons (Fsp3) is 0.945. The second kappa shape index (κ2) is 42.5. The van der Waals surface area contributed by atoms with Crippen molar-refractivity contribution in [3.05, 3.63) is 0 Å². The smallest absolute Gasteiger partial charge is 0.310 e. The molecule has 0 aromatic rings. The molecule has 1 aliphatic rings. The first kappa shape index (κ1) is 57.6. The van der Waals surface area contributed by atoms with Gasteiger partial charge in [0.2, 0.25) is 0 Å². The fourth-order valence-corrected chi connectivity index (χ4v) is 9.70. The quantitative estimate of drug-likeness (QED) is 0.0448. The van der Waals surface area contributed by atoms with Crippen molar-refractivity contribution in [2.45, 2.75) is 278 Å². The molecule has 0 aromatic carbocycles. The topological polar surface area (TPSA) is 72.9 Å². The first-order chi connectivity index (χ1) is 29.8. The van der Waals surface area contributed by atoms with Gasteiger partial charge in [0.15, 0.2) is 0 Å². The van der Waals surface area contributed by atoms with Crippen LogP contribution in [0.4, 0.5) is 0 Å². The van der Waals surface area contributed by atoms with Gasteiger partial charge in [-0.15, -0.1) is 0 Å². The summed E-state index contributed by atoms with van der Waals surface area (Å²) in [4.78, 5) is 40.3. The summed E-state index contributed by atoms with van der Waals surface area (Å²) in [7, 11) is 2.08. The maximum absolute atomic E-state index is 12.8. The van der Waals surface area contributed by atoms with E-state index in [1.54, 1.807) is 0 Å². The largest absolute Gasteiger partial charge is 0.466 e. The predicted molar refractivity (Wildman–Crippen MR) is 261 cm³/mol. The third-order valence-corrected chi connectivity index (χ3v) is 14.0. The summed E-state index contributed by atoms with van der Waals surface area (Å²) in [6, 6.07) is 0. The Morgan fingerprint density at radius 3 is 1.33 bits per heavy atom. The summed E-state index contributed by atoms with van der Waals surface area (Å²) >= 11 is 0. The number of ketones is 1. The third kappa shape index (κ3) is 35.6. The Hall–Kier alpha value is -1.43. The van der Waals surface area contributed by atoms with Gasteiger partial charge in [0.05, 0.1) is 19.1 Å². The number of carbonyl (C=O) groups is 3. The number of nitrogens with zero attached hydrogens (tertiary/aromatic N) is 1. The molecule has 1 fully saturated rings. The lowest BCUT2D eigenvalue weighted by atomic mass is 9.89. The van der Waals surface area contributed by atoms with Crippen LogP contribution in [-0.2, 0) is 23.9 Å². The monoisotopic (exact) mass is 860 g/mol. The average Bonchev–Trinajstić information content (AvgIpc) is 3.70. The molecule has 1 heterocycles. The lowest BCUT2D eigenvalue weighted by Gasteiger charge is -2.19. The summed E-state index contributed by atoms with van der Waals surface area (Å²) in [5, 5.41) is 0. The number of Topliss-reactive ketones (excluding diaryl/α,β-unsaturated/α-hetero) is 1. The first-order valence-corrected chi connectivity index (χ1v) is 27.3. The van der Waals surface area contributed by atoms with Crippen LogP contribution in [0.1, 0.15) is 278 Å². The van der Waals surface area contributed by atoms with Gasteiger partial charge in [0.25, 0.3) is 0 Å². The molecule has 0 aliphatic carbocycles. The van der Waals surface area contributed by atoms with E-state index in [9.17, 15) is 14.4 Å². The highest BCUT2D eigenvalue weighted by atomic mass is 16.5. The molecule has 1 saturated heterocycles. The van der Waals surface area contributed by atoms with E-state index in [1.807, 2.05) is 0 Å². The Morgan fingerprint density at radius 2 is 0.852 bits per heavy atom. The second-order valence-corrected chi connectivity index (χ2v) is 19.9. The van der Waals surface area contributed by atoms with Gasteiger partial charge in [-0.2, -0.15) is 0 Å². The van der Waals surface area contributed by atoms with Gasteiger partial charge in [0.1, 0.15) is 5.78 Å². The molecule has 1 aliphatic heterocycles. The normalized spacial score (nSPS) is 15.0. The number of esters is 2. The molecular formula is C55H105NO5. The van der Waals surface area contributed by atoms with Crippen LogP contribution in [0.2, 0.25) is 0 Å². The van der Waals surface area contributed by atoms with Crippen LogP contribution in [0.25, 0.3) is 0 Å². The van der Waals surface area contributed by atoms with Crippen molar-refractivity contribution in [3.63, 3.8) is 0 Å². The van der Waals surface area contributed by atoms with Crippen molar-refractivity contribution in [1.29, 1.82) is 0 Å². The van der Waals surface area contributed by atoms with E-state index in [0.29, 0.717) is 37.3 Å². The molecule has 0 aromatic heterocycles. The lowest BCUT2D eigenvalue weighted by Crippen LogP contribution is -2.24. The highest BCUT2D eigenvalue weighted by Crippen LogP contribution is 2.26. The van der Waals surface area contributed by atoms with Crippen molar-refractivity contribution in [3.8, 4) is 0 Å². The van der Waals surface area contributed by atoms with Crippen molar-refractivity contribution >= 4 is 17.7 Å². The number of hydrogen-bond donors (Lipinski definition) is 0. The molecule has 61 heavy (non-hydrogen) atoms. The van der Waals surface area contributed by atoms with Gasteiger partial charge in [-0.3, -0.25) is 14.4 Å². The second-order valence-electron chi connectivity index (χ2n) is 19.9. The molecule has 0 saturated carbocycles. The van der Waals surface area contributed by atoms with Crippen LogP contribution in [-0.4, -0.2) is 56.0 Å². The van der Waals surface area contributed by atoms with Gasteiger partial charge in [0, 0.05) is 25.8 Å². The van der Waals surface area contributed by atoms with Gasteiger partial charge in [-0.1, -0.05) is 214 Å². The first-order valence-electron chi connectivity index (χ1n) is 27.3. The Morgan fingerprint density at radius 1 is 0.459 bits per heavy atom. The van der Waals surface area contributed by atoms with Crippen LogP contribution in [0.3, 0.4) is 0 Å². The van der Waals surface area contributed by atoms with E-state index < -0.39 is 0 Å². The van der Waals surface area contributed by atoms with Crippen LogP contribution in [0.5, 0.6) is 0 Å². The Kier molecular flexibility index (Phi) is 40.1. The van der Waals surface area contributed by atoms with Crippen LogP contribution < -0.4 is 0 Å². The Labute approximate surface area is 380 Å². The summed E-state index contributed by atoms with van der Waals surface area (Å²) < 4.78 is 11.6. The van der Waals surface area contributed by atoms with Gasteiger partial charge in [-0.25, -0.2) is 0 Å². The van der Waals surface area contributed by atoms with Gasteiger partial charge in [-0.05, 0) is 76.3 Å². The molecule has 0 bridgehead atoms. The van der Waals surface area contributed by atoms with E-state index in [4.69, 9.17) is 9.47 Å². The molecule has 1 rings (SSSR count). The van der Waals surface area contributed by atoms with Crippen LogP contribution >= 0.6 is 0 Å².